The molecule has 1 aliphatic heterocycles. The highest BCUT2D eigenvalue weighted by molar-refractivity contribution is 5.69. The molecule has 0 unspecified atom stereocenters. The van der Waals surface area contributed by atoms with Gasteiger partial charge >= 0.3 is 11.9 Å². The molecule has 198 valence electrons. The van der Waals surface area contributed by atoms with Gasteiger partial charge in [0.15, 0.2) is 0 Å². The Hall–Kier alpha value is -1.10. The summed E-state index contributed by atoms with van der Waals surface area (Å²) in [5.74, 6) is -0.0965. The molecule has 0 aromatic rings. The largest absolute Gasteiger partial charge is 0.462 e. The van der Waals surface area contributed by atoms with Crippen molar-refractivity contribution in [1.29, 1.82) is 0 Å². The average Bonchev–Trinajstić information content (AvgIpc) is 2.58. The van der Waals surface area contributed by atoms with Crippen LogP contribution in [0, 0.1) is 10.8 Å². The van der Waals surface area contributed by atoms with Gasteiger partial charge in [0.05, 0.1) is 0 Å². The third-order valence-corrected chi connectivity index (χ3v) is 7.28. The highest BCUT2D eigenvalue weighted by Crippen LogP contribution is 2.46. The normalized spacial score (nSPS) is 23.9. The molecular formula is C29H53NO4. The van der Waals surface area contributed by atoms with Gasteiger partial charge in [-0.1, -0.05) is 53.4 Å². The standard InChI is InChI=1S/C29H53NO4/c1-26(2)17-22(18-27(3,4)21-26)33-24(31)15-13-11-9-10-12-14-16-25(32)34-23-19-28(5,6)30-29(7,8)20-23/h22-23,30H,9-21H2,1-8H3. The Morgan fingerprint density at radius 1 is 0.618 bits per heavy atom. The number of hydrogen-bond donors (Lipinski definition) is 1. The number of nitrogens with one attached hydrogen (secondary N) is 1. The van der Waals surface area contributed by atoms with Crippen molar-refractivity contribution in [1.82, 2.24) is 5.32 Å². The molecule has 0 bridgehead atoms. The molecule has 1 aliphatic carbocycles. The Morgan fingerprint density at radius 2 is 0.971 bits per heavy atom. The Labute approximate surface area is 209 Å². The molecular weight excluding hydrogens is 426 g/mol. The smallest absolute Gasteiger partial charge is 0.306 e. The van der Waals surface area contributed by atoms with Crippen LogP contribution in [0.2, 0.25) is 0 Å². The molecule has 0 aromatic carbocycles. The number of hydrogen-bond acceptors (Lipinski definition) is 5. The third kappa shape index (κ3) is 11.1. The second kappa shape index (κ2) is 11.8. The van der Waals surface area contributed by atoms with Gasteiger partial charge in [0, 0.05) is 36.8 Å². The molecule has 1 heterocycles. The number of rotatable bonds is 11. The zero-order valence-electron chi connectivity index (χ0n) is 23.5. The maximum Gasteiger partial charge on any atom is 0.306 e. The van der Waals surface area contributed by atoms with E-state index in [1.54, 1.807) is 0 Å². The number of esters is 2. The Kier molecular flexibility index (Phi) is 10.1. The van der Waals surface area contributed by atoms with Crippen LogP contribution in [0.25, 0.3) is 0 Å². The molecule has 0 atom stereocenters. The van der Waals surface area contributed by atoms with Crippen LogP contribution in [0.15, 0.2) is 0 Å². The van der Waals surface area contributed by atoms with E-state index in [9.17, 15) is 9.59 Å². The second-order valence-electron chi connectivity index (χ2n) is 14.1. The number of carbonyl (C=O) groups is 2. The van der Waals surface area contributed by atoms with E-state index in [2.05, 4.69) is 60.7 Å². The van der Waals surface area contributed by atoms with Crippen molar-refractivity contribution in [3.8, 4) is 0 Å². The van der Waals surface area contributed by atoms with Crippen LogP contribution in [0.4, 0.5) is 0 Å². The fraction of sp³-hybridized carbons (Fsp3) is 0.931. The number of piperidine rings is 1. The van der Waals surface area contributed by atoms with Gasteiger partial charge in [0.2, 0.25) is 0 Å². The van der Waals surface area contributed by atoms with Crippen LogP contribution in [-0.4, -0.2) is 35.2 Å². The van der Waals surface area contributed by atoms with Crippen LogP contribution >= 0.6 is 0 Å². The van der Waals surface area contributed by atoms with Gasteiger partial charge in [0.25, 0.3) is 0 Å². The minimum atomic E-state index is -0.0599. The van der Waals surface area contributed by atoms with Gasteiger partial charge < -0.3 is 14.8 Å². The molecule has 2 aliphatic rings. The summed E-state index contributed by atoms with van der Waals surface area (Å²) < 4.78 is 11.6. The first-order valence-corrected chi connectivity index (χ1v) is 13.7. The Balaban J connectivity index is 1.51. The van der Waals surface area contributed by atoms with Crippen LogP contribution in [0.5, 0.6) is 0 Å². The predicted octanol–water partition coefficient (Wildman–Crippen LogP) is 7.11. The minimum Gasteiger partial charge on any atom is -0.462 e. The zero-order valence-corrected chi connectivity index (χ0v) is 23.5. The predicted molar refractivity (Wildman–Crippen MR) is 139 cm³/mol. The molecule has 1 saturated carbocycles. The molecule has 5 nitrogen and oxygen atoms in total. The van der Waals surface area contributed by atoms with Crippen molar-refractivity contribution in [2.45, 2.75) is 162 Å². The van der Waals surface area contributed by atoms with Gasteiger partial charge in [-0.15, -0.1) is 0 Å². The van der Waals surface area contributed by atoms with E-state index in [0.29, 0.717) is 12.8 Å². The maximum absolute atomic E-state index is 12.3. The topological polar surface area (TPSA) is 64.6 Å². The molecule has 1 saturated heterocycles. The molecule has 1 N–H and O–H groups in total. The van der Waals surface area contributed by atoms with Gasteiger partial charge in [-0.25, -0.2) is 0 Å². The summed E-state index contributed by atoms with van der Waals surface area (Å²) in [5, 5.41) is 3.63. The second-order valence-corrected chi connectivity index (χ2v) is 14.1. The molecule has 0 radical (unpaired) electrons. The summed E-state index contributed by atoms with van der Waals surface area (Å²) in [7, 11) is 0. The molecule has 2 rings (SSSR count). The summed E-state index contributed by atoms with van der Waals surface area (Å²) in [4.78, 5) is 24.6. The molecule has 2 fully saturated rings. The van der Waals surface area contributed by atoms with Crippen LogP contribution in [-0.2, 0) is 19.1 Å². The van der Waals surface area contributed by atoms with Gasteiger partial charge in [-0.05, 0) is 70.6 Å². The fourth-order valence-corrected chi connectivity index (χ4v) is 6.88. The first kappa shape index (κ1) is 29.1. The minimum absolute atomic E-state index is 0.00394. The summed E-state index contributed by atoms with van der Waals surface area (Å²) in [6.07, 6.45) is 12.0. The molecule has 34 heavy (non-hydrogen) atoms. The molecule has 0 aromatic heterocycles. The van der Waals surface area contributed by atoms with Crippen molar-refractivity contribution >= 4 is 11.9 Å². The maximum atomic E-state index is 12.3. The van der Waals surface area contributed by atoms with E-state index in [0.717, 1.165) is 64.2 Å². The first-order chi connectivity index (χ1) is 15.6. The highest BCUT2D eigenvalue weighted by Gasteiger charge is 2.40. The lowest BCUT2D eigenvalue weighted by atomic mass is 9.64. The number of ether oxygens (including phenoxy) is 2. The van der Waals surface area contributed by atoms with Crippen molar-refractivity contribution in [2.75, 3.05) is 0 Å². The van der Waals surface area contributed by atoms with Crippen molar-refractivity contribution in [2.24, 2.45) is 10.8 Å². The summed E-state index contributed by atoms with van der Waals surface area (Å²) in [6.45, 7) is 17.8. The van der Waals surface area contributed by atoms with E-state index in [1.165, 1.54) is 6.42 Å². The average molecular weight is 480 g/mol. The van der Waals surface area contributed by atoms with Crippen molar-refractivity contribution in [3.63, 3.8) is 0 Å². The van der Waals surface area contributed by atoms with Crippen LogP contribution in [0.1, 0.15) is 139 Å². The zero-order chi connectivity index (χ0) is 25.6. The van der Waals surface area contributed by atoms with E-state index >= 15 is 0 Å². The van der Waals surface area contributed by atoms with E-state index in [-0.39, 0.29) is 46.1 Å². The SMILES string of the molecule is CC1(C)CC(OC(=O)CCCCCCCCC(=O)OC2CC(C)(C)NC(C)(C)C2)CC(C)(C)C1. The highest BCUT2D eigenvalue weighted by atomic mass is 16.5. The lowest BCUT2D eigenvalue weighted by molar-refractivity contribution is -0.156. The summed E-state index contributed by atoms with van der Waals surface area (Å²) in [6, 6.07) is 0. The van der Waals surface area contributed by atoms with Crippen LogP contribution < -0.4 is 5.32 Å². The molecule has 0 spiro atoms. The lowest BCUT2D eigenvalue weighted by Crippen LogP contribution is -2.59. The monoisotopic (exact) mass is 479 g/mol. The summed E-state index contributed by atoms with van der Waals surface area (Å²) in [5.41, 5.74) is 0.450. The quantitative estimate of drug-likeness (QED) is 0.253. The fourth-order valence-electron chi connectivity index (χ4n) is 6.88. The van der Waals surface area contributed by atoms with Crippen molar-refractivity contribution < 1.29 is 19.1 Å². The molecule has 0 amide bonds. The summed E-state index contributed by atoms with van der Waals surface area (Å²) >= 11 is 0. The van der Waals surface area contributed by atoms with Gasteiger partial charge in [0.1, 0.15) is 12.2 Å². The van der Waals surface area contributed by atoms with Crippen LogP contribution in [0.3, 0.4) is 0 Å². The van der Waals surface area contributed by atoms with E-state index in [1.807, 2.05) is 0 Å². The first-order valence-electron chi connectivity index (χ1n) is 13.7. The Bertz CT molecular complexity index is 590. The van der Waals surface area contributed by atoms with E-state index < -0.39 is 0 Å². The third-order valence-electron chi connectivity index (χ3n) is 7.28. The van der Waals surface area contributed by atoms with Gasteiger partial charge in [-0.3, -0.25) is 9.59 Å². The van der Waals surface area contributed by atoms with Gasteiger partial charge in [-0.2, -0.15) is 0 Å². The van der Waals surface area contributed by atoms with Crippen molar-refractivity contribution in [3.05, 3.63) is 0 Å². The lowest BCUT2D eigenvalue weighted by Gasteiger charge is -2.45. The molecule has 5 heteroatoms. The number of carbonyl (C=O) groups excluding carboxylic acids is 2. The Morgan fingerprint density at radius 3 is 1.38 bits per heavy atom. The number of unbranched alkanes of at least 4 members (excludes halogenated alkanes) is 5. The van der Waals surface area contributed by atoms with E-state index in [4.69, 9.17) is 9.47 Å².